The fourth-order valence-corrected chi connectivity index (χ4v) is 3.38. The lowest BCUT2D eigenvalue weighted by molar-refractivity contribution is 0.0489. The third-order valence-corrected chi connectivity index (χ3v) is 4.75. The minimum Gasteiger partial charge on any atom is -0.490 e. The maximum absolute atomic E-state index is 14.3. The molecule has 24 heavy (non-hydrogen) atoms. The Morgan fingerprint density at radius 1 is 1.04 bits per heavy atom. The van der Waals surface area contributed by atoms with Crippen molar-refractivity contribution in [2.45, 2.75) is 57.8 Å². The first-order valence-electron chi connectivity index (χ1n) is 8.47. The Bertz CT molecular complexity index is 505. The monoisotopic (exact) mass is 350 g/mol. The summed E-state index contributed by atoms with van der Waals surface area (Å²) in [6.45, 7) is 1.46. The highest BCUT2D eigenvalue weighted by Gasteiger charge is 2.33. The van der Waals surface area contributed by atoms with Gasteiger partial charge in [-0.1, -0.05) is 32.6 Å². The summed E-state index contributed by atoms with van der Waals surface area (Å²) in [7, 11) is 0. The average molecular weight is 350 g/mol. The van der Waals surface area contributed by atoms with E-state index in [4.69, 9.17) is 4.74 Å². The predicted molar refractivity (Wildman–Crippen MR) is 82.0 cm³/mol. The van der Waals surface area contributed by atoms with E-state index in [9.17, 15) is 22.0 Å². The molecule has 0 amide bonds. The van der Waals surface area contributed by atoms with Crippen LogP contribution in [0.15, 0.2) is 12.1 Å². The van der Waals surface area contributed by atoms with E-state index < -0.39 is 36.4 Å². The Morgan fingerprint density at radius 2 is 1.62 bits per heavy atom. The van der Waals surface area contributed by atoms with Crippen LogP contribution in [0, 0.1) is 29.3 Å². The van der Waals surface area contributed by atoms with E-state index in [2.05, 4.69) is 6.92 Å². The molecule has 0 bridgehead atoms. The van der Waals surface area contributed by atoms with Crippen LogP contribution >= 0.6 is 0 Å². The van der Waals surface area contributed by atoms with Crippen LogP contribution in [0.3, 0.4) is 0 Å². The third kappa shape index (κ3) is 4.84. The maximum atomic E-state index is 14.3. The van der Waals surface area contributed by atoms with Crippen LogP contribution in [0.5, 0.6) is 5.75 Å². The predicted octanol–water partition coefficient (Wildman–Crippen LogP) is 5.77. The molecule has 0 spiro atoms. The van der Waals surface area contributed by atoms with E-state index in [1.54, 1.807) is 0 Å². The fraction of sp³-hybridized carbons (Fsp3) is 0.667. The van der Waals surface area contributed by atoms with Gasteiger partial charge in [-0.2, -0.15) is 0 Å². The number of alkyl halides is 2. The summed E-state index contributed by atoms with van der Waals surface area (Å²) < 4.78 is 72.1. The molecule has 2 atom stereocenters. The highest BCUT2D eigenvalue weighted by molar-refractivity contribution is 5.25. The van der Waals surface area contributed by atoms with E-state index >= 15 is 0 Å². The van der Waals surface area contributed by atoms with Crippen molar-refractivity contribution in [1.29, 1.82) is 0 Å². The Labute approximate surface area is 139 Å². The lowest BCUT2D eigenvalue weighted by Crippen LogP contribution is -2.33. The number of hydrogen-bond donors (Lipinski definition) is 0. The number of ether oxygens (including phenoxy) is 1. The smallest absolute Gasteiger partial charge is 0.194 e. The number of rotatable bonds is 7. The van der Waals surface area contributed by atoms with Crippen LogP contribution in [0.4, 0.5) is 22.0 Å². The molecule has 0 unspecified atom stereocenters. The van der Waals surface area contributed by atoms with Crippen molar-refractivity contribution >= 4 is 0 Å². The molecule has 2 rings (SSSR count). The van der Waals surface area contributed by atoms with Crippen LogP contribution in [-0.4, -0.2) is 19.0 Å². The van der Waals surface area contributed by atoms with Gasteiger partial charge in [0, 0.05) is 12.1 Å². The average Bonchev–Trinajstić information content (AvgIpc) is 2.57. The van der Waals surface area contributed by atoms with Crippen molar-refractivity contribution in [3.63, 3.8) is 0 Å². The zero-order valence-electron chi connectivity index (χ0n) is 13.7. The molecule has 0 aliphatic heterocycles. The zero-order chi connectivity index (χ0) is 17.7. The normalized spacial score (nSPS) is 23.8. The molecule has 0 saturated heterocycles. The molecule has 0 aromatic heterocycles. The van der Waals surface area contributed by atoms with Crippen LogP contribution in [-0.2, 0) is 0 Å². The van der Waals surface area contributed by atoms with E-state index in [1.807, 2.05) is 0 Å². The maximum Gasteiger partial charge on any atom is 0.194 e. The van der Waals surface area contributed by atoms with Gasteiger partial charge in [0.15, 0.2) is 23.6 Å². The second-order valence-corrected chi connectivity index (χ2v) is 6.54. The summed E-state index contributed by atoms with van der Waals surface area (Å²) in [5.74, 6) is -4.58. The van der Waals surface area contributed by atoms with Gasteiger partial charge in [-0.15, -0.1) is 0 Å². The third-order valence-electron chi connectivity index (χ3n) is 4.75. The molecule has 0 heterocycles. The molecular formula is C18H23F5O. The van der Waals surface area contributed by atoms with Gasteiger partial charge in [0.2, 0.25) is 0 Å². The summed E-state index contributed by atoms with van der Waals surface area (Å²) in [5, 5.41) is 0. The van der Waals surface area contributed by atoms with Crippen molar-refractivity contribution in [3.8, 4) is 5.75 Å². The summed E-state index contributed by atoms with van der Waals surface area (Å²) in [6.07, 6.45) is 1.77. The van der Waals surface area contributed by atoms with Gasteiger partial charge in [0.05, 0.1) is 0 Å². The van der Waals surface area contributed by atoms with Crippen LogP contribution < -0.4 is 4.74 Å². The van der Waals surface area contributed by atoms with Crippen LogP contribution in [0.25, 0.3) is 0 Å². The van der Waals surface area contributed by atoms with E-state index in [-0.39, 0.29) is 11.7 Å². The largest absolute Gasteiger partial charge is 0.490 e. The lowest BCUT2D eigenvalue weighted by atomic mass is 9.77. The summed E-state index contributed by atoms with van der Waals surface area (Å²) in [4.78, 5) is 0. The van der Waals surface area contributed by atoms with E-state index in [1.165, 1.54) is 0 Å². The van der Waals surface area contributed by atoms with Gasteiger partial charge in [-0.3, -0.25) is 0 Å². The zero-order valence-corrected chi connectivity index (χ0v) is 13.7. The standard InChI is InChI=1S/C18H23F5O/c1-2-3-11-4-6-12(7-5-11)17(22)16(21)10-24-13-8-14(19)18(23)15(20)9-13/h8-9,11-12,16-17H,2-7,10H2,1H3/t11?,12?,16-,17-/m1/s1. The molecule has 1 aromatic carbocycles. The minimum absolute atomic E-state index is 0.349. The highest BCUT2D eigenvalue weighted by Crippen LogP contribution is 2.35. The summed E-state index contributed by atoms with van der Waals surface area (Å²) in [5.41, 5.74) is 0. The number of halogens is 5. The van der Waals surface area contributed by atoms with Gasteiger partial charge >= 0.3 is 0 Å². The molecule has 1 aliphatic carbocycles. The van der Waals surface area contributed by atoms with Crippen molar-refractivity contribution in [1.82, 2.24) is 0 Å². The van der Waals surface area contributed by atoms with Gasteiger partial charge in [-0.05, 0) is 24.7 Å². The molecule has 1 fully saturated rings. The minimum atomic E-state index is -1.88. The molecule has 0 radical (unpaired) electrons. The molecule has 1 saturated carbocycles. The van der Waals surface area contributed by atoms with E-state index in [0.717, 1.165) is 25.7 Å². The molecule has 1 nitrogen and oxygen atoms in total. The highest BCUT2D eigenvalue weighted by atomic mass is 19.2. The summed E-state index contributed by atoms with van der Waals surface area (Å²) in [6, 6.07) is 1.24. The topological polar surface area (TPSA) is 9.23 Å². The lowest BCUT2D eigenvalue weighted by Gasteiger charge is -2.31. The number of benzene rings is 1. The van der Waals surface area contributed by atoms with Crippen molar-refractivity contribution in [2.75, 3.05) is 6.61 Å². The fourth-order valence-electron chi connectivity index (χ4n) is 3.38. The van der Waals surface area contributed by atoms with Crippen molar-refractivity contribution in [2.24, 2.45) is 11.8 Å². The van der Waals surface area contributed by atoms with Gasteiger partial charge in [-0.25, -0.2) is 22.0 Å². The second kappa shape index (κ2) is 8.67. The first kappa shape index (κ1) is 19.0. The van der Waals surface area contributed by atoms with Gasteiger partial charge in [0.25, 0.3) is 0 Å². The molecule has 1 aromatic rings. The Balaban J connectivity index is 1.83. The first-order chi connectivity index (χ1) is 11.4. The number of hydrogen-bond acceptors (Lipinski definition) is 1. The molecule has 136 valence electrons. The SMILES string of the molecule is CCCC1CCC([C@@H](F)[C@H](F)COc2cc(F)c(F)c(F)c2)CC1. The quantitative estimate of drug-likeness (QED) is 0.448. The van der Waals surface area contributed by atoms with Gasteiger partial charge < -0.3 is 4.74 Å². The molecule has 0 N–H and O–H groups in total. The second-order valence-electron chi connectivity index (χ2n) is 6.54. The summed E-state index contributed by atoms with van der Waals surface area (Å²) >= 11 is 0. The van der Waals surface area contributed by atoms with Crippen molar-refractivity contribution < 1.29 is 26.7 Å². The van der Waals surface area contributed by atoms with Crippen LogP contribution in [0.1, 0.15) is 45.4 Å². The van der Waals surface area contributed by atoms with Gasteiger partial charge in [0.1, 0.15) is 18.5 Å². The van der Waals surface area contributed by atoms with Crippen LogP contribution in [0.2, 0.25) is 0 Å². The van der Waals surface area contributed by atoms with E-state index in [0.29, 0.717) is 30.9 Å². The Hall–Kier alpha value is -1.33. The first-order valence-corrected chi connectivity index (χ1v) is 8.47. The Kier molecular flexibility index (Phi) is 6.87. The van der Waals surface area contributed by atoms with Crippen molar-refractivity contribution in [3.05, 3.63) is 29.6 Å². The molecular weight excluding hydrogens is 327 g/mol. The molecule has 6 heteroatoms. The molecule has 1 aliphatic rings. The Morgan fingerprint density at radius 3 is 2.17 bits per heavy atom.